The summed E-state index contributed by atoms with van der Waals surface area (Å²) in [6.07, 6.45) is 8.03. The van der Waals surface area contributed by atoms with Crippen LogP contribution in [-0.2, 0) is 19.1 Å². The number of benzene rings is 1. The first-order valence-corrected chi connectivity index (χ1v) is 13.9. The fourth-order valence-corrected chi connectivity index (χ4v) is 6.83. The Bertz CT molecular complexity index is 1200. The van der Waals surface area contributed by atoms with E-state index in [1.165, 1.54) is 4.90 Å². The topological polar surface area (TPSA) is 99.6 Å². The van der Waals surface area contributed by atoms with Gasteiger partial charge in [-0.3, -0.25) is 14.4 Å². The SMILES string of the molecule is CCOc1ccc(N2CC=C[C@@]3(CC)O[C@]45C=CCN(C(C)(C)C)C(=O)C4N(CCO)C(=O)[C@@H]5[C@H]3C2=O)cc1. The van der Waals surface area contributed by atoms with Crippen molar-refractivity contribution in [2.45, 2.75) is 63.8 Å². The zero-order valence-electron chi connectivity index (χ0n) is 23.4. The molecular weight excluding hydrogens is 498 g/mol. The van der Waals surface area contributed by atoms with Crippen LogP contribution in [0.5, 0.6) is 5.75 Å². The van der Waals surface area contributed by atoms with Crippen LogP contribution in [-0.4, -0.2) is 88.3 Å². The number of likely N-dealkylation sites (tertiary alicyclic amines) is 1. The van der Waals surface area contributed by atoms with Gasteiger partial charge in [-0.25, -0.2) is 0 Å². The molecule has 0 radical (unpaired) electrons. The summed E-state index contributed by atoms with van der Waals surface area (Å²) >= 11 is 0. The lowest BCUT2D eigenvalue weighted by molar-refractivity contribution is -0.155. The van der Waals surface area contributed by atoms with E-state index in [2.05, 4.69) is 0 Å². The number of hydrogen-bond acceptors (Lipinski definition) is 6. The van der Waals surface area contributed by atoms with Gasteiger partial charge >= 0.3 is 0 Å². The Labute approximate surface area is 230 Å². The number of anilines is 1. The average Bonchev–Trinajstić information content (AvgIpc) is 3.16. The van der Waals surface area contributed by atoms with Gasteiger partial charge in [-0.2, -0.15) is 0 Å². The Balaban J connectivity index is 1.62. The Morgan fingerprint density at radius 3 is 2.28 bits per heavy atom. The molecule has 0 bridgehead atoms. The van der Waals surface area contributed by atoms with Crippen molar-refractivity contribution in [1.82, 2.24) is 9.80 Å². The molecule has 39 heavy (non-hydrogen) atoms. The van der Waals surface area contributed by atoms with Crippen molar-refractivity contribution in [1.29, 1.82) is 0 Å². The van der Waals surface area contributed by atoms with Gasteiger partial charge < -0.3 is 29.3 Å². The predicted molar refractivity (Wildman–Crippen MR) is 146 cm³/mol. The highest BCUT2D eigenvalue weighted by Gasteiger charge is 2.75. The zero-order valence-corrected chi connectivity index (χ0v) is 23.4. The molecule has 210 valence electrons. The number of fused-ring (bicyclic) bond motifs is 2. The molecule has 1 unspecified atom stereocenters. The van der Waals surface area contributed by atoms with E-state index in [-0.39, 0.29) is 30.9 Å². The van der Waals surface area contributed by atoms with Crippen LogP contribution in [0.3, 0.4) is 0 Å². The molecular formula is C30H39N3O6. The summed E-state index contributed by atoms with van der Waals surface area (Å²) < 4.78 is 12.5. The maximum absolute atomic E-state index is 14.5. The molecule has 3 amide bonds. The number of aliphatic hydroxyl groups is 1. The number of rotatable bonds is 6. The average molecular weight is 538 g/mol. The molecule has 0 aromatic heterocycles. The second-order valence-corrected chi connectivity index (χ2v) is 11.7. The highest BCUT2D eigenvalue weighted by molar-refractivity contribution is 6.04. The smallest absolute Gasteiger partial charge is 0.249 e. The maximum Gasteiger partial charge on any atom is 0.249 e. The lowest BCUT2D eigenvalue weighted by Crippen LogP contribution is -2.59. The predicted octanol–water partition coefficient (Wildman–Crippen LogP) is 2.54. The zero-order chi connectivity index (χ0) is 28.2. The lowest BCUT2D eigenvalue weighted by atomic mass is 9.73. The van der Waals surface area contributed by atoms with Crippen LogP contribution < -0.4 is 9.64 Å². The maximum atomic E-state index is 14.5. The number of carbonyl (C=O) groups excluding carboxylic acids is 3. The number of carbonyl (C=O) groups is 3. The molecule has 0 saturated carbocycles. The van der Waals surface area contributed by atoms with Gasteiger partial charge in [0.05, 0.1) is 30.7 Å². The second kappa shape index (κ2) is 9.78. The fraction of sp³-hybridized carbons (Fsp3) is 0.567. The number of β-amino-alcohol motifs (C(OH)–C–C–N with tert-alkyl or cyclic N) is 1. The van der Waals surface area contributed by atoms with Gasteiger partial charge in [0, 0.05) is 30.9 Å². The van der Waals surface area contributed by atoms with Crippen molar-refractivity contribution in [2.24, 2.45) is 11.8 Å². The Hall–Kier alpha value is -3.17. The molecule has 4 heterocycles. The van der Waals surface area contributed by atoms with Gasteiger partial charge in [-0.05, 0) is 58.4 Å². The summed E-state index contributed by atoms with van der Waals surface area (Å²) in [7, 11) is 0. The van der Waals surface area contributed by atoms with Gasteiger partial charge in [0.1, 0.15) is 17.4 Å². The van der Waals surface area contributed by atoms with E-state index in [1.807, 2.05) is 83.2 Å². The van der Waals surface area contributed by atoms with Crippen molar-refractivity contribution < 1.29 is 29.0 Å². The van der Waals surface area contributed by atoms with Gasteiger partial charge in [-0.15, -0.1) is 0 Å². The largest absolute Gasteiger partial charge is 0.494 e. The van der Waals surface area contributed by atoms with Crippen LogP contribution in [0.2, 0.25) is 0 Å². The summed E-state index contributed by atoms with van der Waals surface area (Å²) in [6, 6.07) is 6.36. The molecule has 2 fully saturated rings. The molecule has 4 aliphatic heterocycles. The Morgan fingerprint density at radius 1 is 0.974 bits per heavy atom. The summed E-state index contributed by atoms with van der Waals surface area (Å²) in [6.45, 7) is 10.6. The molecule has 0 aliphatic carbocycles. The molecule has 5 atom stereocenters. The number of amides is 3. The van der Waals surface area contributed by atoms with Crippen LogP contribution in [0.4, 0.5) is 5.69 Å². The van der Waals surface area contributed by atoms with Gasteiger partial charge in [0.2, 0.25) is 17.7 Å². The number of ether oxygens (including phenoxy) is 2. The first-order valence-electron chi connectivity index (χ1n) is 13.9. The third-order valence-electron chi connectivity index (χ3n) is 8.55. The second-order valence-electron chi connectivity index (χ2n) is 11.7. The molecule has 1 N–H and O–H groups in total. The molecule has 9 nitrogen and oxygen atoms in total. The third-order valence-corrected chi connectivity index (χ3v) is 8.55. The van der Waals surface area contributed by atoms with Crippen molar-refractivity contribution >= 4 is 23.4 Å². The highest BCUT2D eigenvalue weighted by Crippen LogP contribution is 2.58. The van der Waals surface area contributed by atoms with Gasteiger partial charge in [0.25, 0.3) is 0 Å². The molecule has 2 saturated heterocycles. The highest BCUT2D eigenvalue weighted by atomic mass is 16.5. The minimum atomic E-state index is -1.33. The summed E-state index contributed by atoms with van der Waals surface area (Å²) in [5, 5.41) is 9.88. The minimum Gasteiger partial charge on any atom is -0.494 e. The first-order chi connectivity index (χ1) is 18.5. The monoisotopic (exact) mass is 537 g/mol. The summed E-state index contributed by atoms with van der Waals surface area (Å²) in [5.74, 6) is -1.83. The normalized spacial score (nSPS) is 32.2. The van der Waals surface area contributed by atoms with E-state index in [9.17, 15) is 19.5 Å². The van der Waals surface area contributed by atoms with Gasteiger partial charge in [0.15, 0.2) is 0 Å². The first kappa shape index (κ1) is 27.4. The Kier molecular flexibility index (Phi) is 6.87. The number of aliphatic hydroxyl groups excluding tert-OH is 1. The van der Waals surface area contributed by atoms with Crippen LogP contribution in [0.1, 0.15) is 41.0 Å². The molecule has 1 spiro atoms. The molecule has 4 aliphatic rings. The number of hydrogen-bond donors (Lipinski definition) is 1. The number of nitrogens with zero attached hydrogens (tertiary/aromatic N) is 3. The van der Waals surface area contributed by atoms with Crippen LogP contribution in [0.25, 0.3) is 0 Å². The van der Waals surface area contributed by atoms with E-state index < -0.39 is 34.6 Å². The van der Waals surface area contributed by atoms with Crippen molar-refractivity contribution in [3.63, 3.8) is 0 Å². The molecule has 1 aromatic rings. The fourth-order valence-electron chi connectivity index (χ4n) is 6.83. The quantitative estimate of drug-likeness (QED) is 0.560. The molecule has 9 heteroatoms. The third kappa shape index (κ3) is 4.09. The van der Waals surface area contributed by atoms with E-state index in [4.69, 9.17) is 9.47 Å². The van der Waals surface area contributed by atoms with Crippen LogP contribution in [0, 0.1) is 11.8 Å². The van der Waals surface area contributed by atoms with Gasteiger partial charge in [-0.1, -0.05) is 31.2 Å². The summed E-state index contributed by atoms with van der Waals surface area (Å²) in [4.78, 5) is 47.7. The minimum absolute atomic E-state index is 0.0127. The van der Waals surface area contributed by atoms with Crippen molar-refractivity contribution in [2.75, 3.05) is 37.7 Å². The van der Waals surface area contributed by atoms with Crippen molar-refractivity contribution in [3.8, 4) is 5.75 Å². The molecule has 1 aromatic carbocycles. The van der Waals surface area contributed by atoms with Crippen LogP contribution in [0.15, 0.2) is 48.6 Å². The molecule has 5 rings (SSSR count). The lowest BCUT2D eigenvalue weighted by Gasteiger charge is -2.41. The Morgan fingerprint density at radius 2 is 1.67 bits per heavy atom. The van der Waals surface area contributed by atoms with Crippen LogP contribution >= 0.6 is 0 Å². The standard InChI is InChI=1S/C30H39N3O6/c1-6-29-14-8-16-31(20-10-12-21(13-11-20)38-7-2)25(35)22(29)23-26(36)32(18-19-34)24-27(37)33(28(3,4)5)17-9-15-30(23,24)39-29/h8-15,22-24,34H,6-7,16-19H2,1-5H3/t22-,23-,24?,29+,30-/m0/s1. The van der Waals surface area contributed by atoms with E-state index in [0.29, 0.717) is 37.6 Å². The summed E-state index contributed by atoms with van der Waals surface area (Å²) in [5.41, 5.74) is -2.18. The van der Waals surface area contributed by atoms with E-state index in [1.54, 1.807) is 9.80 Å². The van der Waals surface area contributed by atoms with Crippen molar-refractivity contribution in [3.05, 3.63) is 48.6 Å². The van der Waals surface area contributed by atoms with E-state index in [0.717, 1.165) is 0 Å². The van der Waals surface area contributed by atoms with E-state index >= 15 is 0 Å².